The maximum absolute atomic E-state index is 5.65. The zero-order valence-corrected chi connectivity index (χ0v) is 12.9. The molecule has 1 aromatic heterocycles. The highest BCUT2D eigenvalue weighted by molar-refractivity contribution is 5.26. The first-order chi connectivity index (χ1) is 10.2. The molecule has 1 fully saturated rings. The summed E-state index contributed by atoms with van der Waals surface area (Å²) in [7, 11) is 4.37. The van der Waals surface area contributed by atoms with Crippen LogP contribution in [-0.4, -0.2) is 31.1 Å². The van der Waals surface area contributed by atoms with Crippen molar-refractivity contribution in [3.8, 4) is 0 Å². The number of nitrogens with one attached hydrogen (secondary N) is 1. The topological polar surface area (TPSA) is 28.4 Å². The van der Waals surface area contributed by atoms with Gasteiger partial charge in [0.15, 0.2) is 0 Å². The van der Waals surface area contributed by atoms with E-state index in [-0.39, 0.29) is 6.04 Å². The number of nitrogens with zero attached hydrogens (tertiary/aromatic N) is 1. The molecule has 1 heterocycles. The van der Waals surface area contributed by atoms with Gasteiger partial charge in [-0.1, -0.05) is 30.3 Å². The molecule has 0 spiro atoms. The average Bonchev–Trinajstić information content (AvgIpc) is 2.96. The molecule has 0 radical (unpaired) electrons. The molecule has 1 aliphatic rings. The van der Waals surface area contributed by atoms with Crippen molar-refractivity contribution in [2.45, 2.75) is 30.8 Å². The van der Waals surface area contributed by atoms with Crippen LogP contribution < -0.4 is 5.32 Å². The highest BCUT2D eigenvalue weighted by Gasteiger charge is 2.39. The number of hydrogen-bond donors (Lipinski definition) is 1. The number of hydrogen-bond acceptors (Lipinski definition) is 3. The molecule has 0 amide bonds. The van der Waals surface area contributed by atoms with Gasteiger partial charge in [-0.2, -0.15) is 0 Å². The Morgan fingerprint density at radius 2 is 1.90 bits per heavy atom. The van der Waals surface area contributed by atoms with Gasteiger partial charge in [0, 0.05) is 12.1 Å². The molecule has 1 N–H and O–H groups in total. The van der Waals surface area contributed by atoms with Crippen molar-refractivity contribution < 1.29 is 4.42 Å². The van der Waals surface area contributed by atoms with Gasteiger partial charge in [0.2, 0.25) is 0 Å². The lowest BCUT2D eigenvalue weighted by Gasteiger charge is -2.48. The van der Waals surface area contributed by atoms with Gasteiger partial charge in [-0.25, -0.2) is 0 Å². The van der Waals surface area contributed by atoms with E-state index < -0.39 is 0 Å². The third kappa shape index (κ3) is 2.89. The highest BCUT2D eigenvalue weighted by Crippen LogP contribution is 2.36. The molecule has 0 bridgehead atoms. The summed E-state index contributed by atoms with van der Waals surface area (Å²) in [6.07, 6.45) is 5.62. The fourth-order valence-corrected chi connectivity index (χ4v) is 3.14. The predicted octanol–water partition coefficient (Wildman–Crippen LogP) is 3.44. The Balaban J connectivity index is 1.78. The molecule has 3 heteroatoms. The lowest BCUT2D eigenvalue weighted by atomic mass is 9.75. The van der Waals surface area contributed by atoms with E-state index in [1.54, 1.807) is 6.26 Å². The Hall–Kier alpha value is -1.58. The molecule has 3 rings (SSSR count). The molecular weight excluding hydrogens is 260 g/mol. The molecular formula is C18H24N2O. The van der Waals surface area contributed by atoms with E-state index in [9.17, 15) is 0 Å². The molecule has 1 unspecified atom stereocenters. The molecule has 1 aromatic carbocycles. The third-order valence-corrected chi connectivity index (χ3v) is 4.83. The molecule has 0 aliphatic heterocycles. The van der Waals surface area contributed by atoms with Gasteiger partial charge in [-0.05, 0) is 51.1 Å². The normalized spacial score (nSPS) is 18.4. The van der Waals surface area contributed by atoms with Crippen molar-refractivity contribution in [1.82, 2.24) is 10.2 Å². The smallest absolute Gasteiger partial charge is 0.125 e. The third-order valence-electron chi connectivity index (χ3n) is 4.83. The summed E-state index contributed by atoms with van der Waals surface area (Å²) in [6.45, 7) is 0.986. The summed E-state index contributed by atoms with van der Waals surface area (Å²) in [5, 5.41) is 3.73. The lowest BCUT2D eigenvalue weighted by molar-refractivity contribution is 0.0576. The van der Waals surface area contributed by atoms with E-state index in [2.05, 4.69) is 54.6 Å². The molecule has 3 nitrogen and oxygen atoms in total. The summed E-state index contributed by atoms with van der Waals surface area (Å²) < 4.78 is 5.65. The number of benzene rings is 1. The van der Waals surface area contributed by atoms with Crippen molar-refractivity contribution in [1.29, 1.82) is 0 Å². The van der Waals surface area contributed by atoms with E-state index in [0.29, 0.717) is 5.54 Å². The van der Waals surface area contributed by atoms with Gasteiger partial charge in [0.25, 0.3) is 0 Å². The van der Waals surface area contributed by atoms with Crippen molar-refractivity contribution in [3.05, 3.63) is 60.1 Å². The molecule has 1 saturated carbocycles. The Labute approximate surface area is 127 Å². The van der Waals surface area contributed by atoms with Crippen molar-refractivity contribution in [3.63, 3.8) is 0 Å². The van der Waals surface area contributed by atoms with Crippen LogP contribution in [0.4, 0.5) is 0 Å². The first-order valence-corrected chi connectivity index (χ1v) is 7.70. The minimum absolute atomic E-state index is 0.124. The van der Waals surface area contributed by atoms with Crippen molar-refractivity contribution in [2.75, 3.05) is 20.6 Å². The second-order valence-corrected chi connectivity index (χ2v) is 6.21. The SMILES string of the molecule is CN(C)C1(CNC(c2ccccc2)c2ccco2)CCC1. The van der Waals surface area contributed by atoms with Crippen LogP contribution in [0.15, 0.2) is 53.1 Å². The largest absolute Gasteiger partial charge is 0.467 e. The first-order valence-electron chi connectivity index (χ1n) is 7.70. The van der Waals surface area contributed by atoms with Gasteiger partial charge in [0.05, 0.1) is 12.3 Å². The first kappa shape index (κ1) is 14.4. The summed E-state index contributed by atoms with van der Waals surface area (Å²) in [4.78, 5) is 2.37. The molecule has 2 aromatic rings. The van der Waals surface area contributed by atoms with Crippen LogP contribution in [0.5, 0.6) is 0 Å². The standard InChI is InChI=1S/C18H24N2O/c1-20(2)18(11-7-12-18)14-19-17(16-10-6-13-21-16)15-8-4-3-5-9-15/h3-6,8-10,13,17,19H,7,11-12,14H2,1-2H3. The van der Waals surface area contributed by atoms with Gasteiger partial charge in [-0.15, -0.1) is 0 Å². The molecule has 112 valence electrons. The van der Waals surface area contributed by atoms with Crippen LogP contribution in [-0.2, 0) is 0 Å². The van der Waals surface area contributed by atoms with E-state index in [4.69, 9.17) is 4.42 Å². The minimum atomic E-state index is 0.124. The quantitative estimate of drug-likeness (QED) is 0.881. The Bertz CT molecular complexity index is 544. The Morgan fingerprint density at radius 1 is 1.14 bits per heavy atom. The number of likely N-dealkylation sites (N-methyl/N-ethyl adjacent to an activating group) is 1. The molecule has 0 saturated heterocycles. The van der Waals surface area contributed by atoms with E-state index in [0.717, 1.165) is 12.3 Å². The molecule has 21 heavy (non-hydrogen) atoms. The highest BCUT2D eigenvalue weighted by atomic mass is 16.3. The fourth-order valence-electron chi connectivity index (χ4n) is 3.14. The number of rotatable bonds is 6. The Kier molecular flexibility index (Phi) is 4.13. The predicted molar refractivity (Wildman–Crippen MR) is 85.3 cm³/mol. The van der Waals surface area contributed by atoms with E-state index in [1.165, 1.54) is 24.8 Å². The summed E-state index contributed by atoms with van der Waals surface area (Å²) >= 11 is 0. The molecule has 1 aliphatic carbocycles. The molecule has 1 atom stereocenters. The van der Waals surface area contributed by atoms with Gasteiger partial charge in [0.1, 0.15) is 5.76 Å². The van der Waals surface area contributed by atoms with Gasteiger partial charge in [-0.3, -0.25) is 0 Å². The lowest BCUT2D eigenvalue weighted by Crippen LogP contribution is -2.56. The van der Waals surface area contributed by atoms with Gasteiger partial charge < -0.3 is 14.6 Å². The maximum Gasteiger partial charge on any atom is 0.125 e. The van der Waals surface area contributed by atoms with Crippen LogP contribution >= 0.6 is 0 Å². The van der Waals surface area contributed by atoms with Crippen molar-refractivity contribution >= 4 is 0 Å². The number of furan rings is 1. The zero-order chi connectivity index (χ0) is 14.7. The minimum Gasteiger partial charge on any atom is -0.467 e. The van der Waals surface area contributed by atoms with Crippen LogP contribution in [0.1, 0.15) is 36.6 Å². The second-order valence-electron chi connectivity index (χ2n) is 6.21. The summed E-state index contributed by atoms with van der Waals surface area (Å²) in [6, 6.07) is 14.7. The zero-order valence-electron chi connectivity index (χ0n) is 12.9. The van der Waals surface area contributed by atoms with Crippen LogP contribution in [0.2, 0.25) is 0 Å². The average molecular weight is 284 g/mol. The maximum atomic E-state index is 5.65. The van der Waals surface area contributed by atoms with Crippen LogP contribution in [0.3, 0.4) is 0 Å². The Morgan fingerprint density at radius 3 is 2.43 bits per heavy atom. The fraction of sp³-hybridized carbons (Fsp3) is 0.444. The van der Waals surface area contributed by atoms with Crippen molar-refractivity contribution in [2.24, 2.45) is 0 Å². The van der Waals surface area contributed by atoms with E-state index in [1.807, 2.05) is 12.1 Å². The monoisotopic (exact) mass is 284 g/mol. The summed E-state index contributed by atoms with van der Waals surface area (Å²) in [5.41, 5.74) is 1.56. The second kappa shape index (κ2) is 6.04. The van der Waals surface area contributed by atoms with Crippen LogP contribution in [0, 0.1) is 0 Å². The van der Waals surface area contributed by atoms with E-state index >= 15 is 0 Å². The summed E-state index contributed by atoms with van der Waals surface area (Å²) in [5.74, 6) is 0.981. The van der Waals surface area contributed by atoms with Crippen LogP contribution in [0.25, 0.3) is 0 Å². The van der Waals surface area contributed by atoms with Gasteiger partial charge >= 0.3 is 0 Å².